The highest BCUT2D eigenvalue weighted by molar-refractivity contribution is 7.91. The number of benzene rings is 1. The molecule has 1 aromatic carbocycles. The van der Waals surface area contributed by atoms with Crippen LogP contribution in [0, 0.1) is 19.8 Å². The van der Waals surface area contributed by atoms with E-state index in [9.17, 15) is 8.42 Å². The lowest BCUT2D eigenvalue weighted by molar-refractivity contribution is 0.574. The maximum Gasteiger partial charge on any atom is 0.178 e. The molecular weight excluding hydrogens is 222 g/mol. The average Bonchev–Trinajstić information content (AvgIpc) is 2.21. The zero-order chi connectivity index (χ0) is 12.3. The molecule has 3 nitrogen and oxygen atoms in total. The summed E-state index contributed by atoms with van der Waals surface area (Å²) in [5.74, 6) is 0.109. The second-order valence-electron chi connectivity index (χ2n) is 4.37. The van der Waals surface area contributed by atoms with Crippen LogP contribution in [-0.4, -0.2) is 20.7 Å². The third kappa shape index (κ3) is 3.06. The number of hydrogen-bond donors (Lipinski definition) is 1. The lowest BCUT2D eigenvalue weighted by atomic mass is 10.1. The summed E-state index contributed by atoms with van der Waals surface area (Å²) in [6, 6.07) is 5.24. The minimum atomic E-state index is -3.19. The molecule has 4 heteroatoms. The molecule has 0 aromatic heterocycles. The summed E-state index contributed by atoms with van der Waals surface area (Å²) in [4.78, 5) is 0.399. The van der Waals surface area contributed by atoms with E-state index in [0.717, 1.165) is 11.1 Å². The first-order chi connectivity index (χ1) is 7.36. The fraction of sp³-hybridized carbons (Fsp3) is 0.500. The summed E-state index contributed by atoms with van der Waals surface area (Å²) in [7, 11) is -3.19. The first-order valence-electron chi connectivity index (χ1n) is 5.37. The van der Waals surface area contributed by atoms with Crippen LogP contribution >= 0.6 is 0 Å². The predicted molar refractivity (Wildman–Crippen MR) is 66.2 cm³/mol. The summed E-state index contributed by atoms with van der Waals surface area (Å²) in [6.07, 6.45) is 0. The molecule has 0 heterocycles. The van der Waals surface area contributed by atoms with Gasteiger partial charge in [-0.05, 0) is 49.6 Å². The average molecular weight is 241 g/mol. The number of aryl methyl sites for hydroxylation is 2. The molecule has 1 rings (SSSR count). The Bertz CT molecular complexity index is 466. The molecule has 0 saturated heterocycles. The second-order valence-corrected chi connectivity index (χ2v) is 6.40. The molecular formula is C12H19NO2S. The highest BCUT2D eigenvalue weighted by atomic mass is 32.2. The summed E-state index contributed by atoms with van der Waals surface area (Å²) in [6.45, 7) is 6.12. The van der Waals surface area contributed by atoms with Gasteiger partial charge in [0.2, 0.25) is 0 Å². The van der Waals surface area contributed by atoms with Crippen LogP contribution in [0.15, 0.2) is 23.1 Å². The van der Waals surface area contributed by atoms with Crippen molar-refractivity contribution in [3.05, 3.63) is 29.3 Å². The van der Waals surface area contributed by atoms with Crippen LogP contribution in [0.5, 0.6) is 0 Å². The summed E-state index contributed by atoms with van der Waals surface area (Å²) < 4.78 is 24.0. The van der Waals surface area contributed by atoms with Crippen LogP contribution in [0.2, 0.25) is 0 Å². The van der Waals surface area contributed by atoms with Crippen LogP contribution in [0.25, 0.3) is 0 Å². The topological polar surface area (TPSA) is 60.2 Å². The number of nitrogens with two attached hydrogens (primary N) is 1. The Morgan fingerprint density at radius 2 is 1.88 bits per heavy atom. The van der Waals surface area contributed by atoms with Crippen molar-refractivity contribution in [1.82, 2.24) is 0 Å². The van der Waals surface area contributed by atoms with E-state index in [1.165, 1.54) is 0 Å². The smallest absolute Gasteiger partial charge is 0.178 e. The van der Waals surface area contributed by atoms with Crippen molar-refractivity contribution >= 4 is 9.84 Å². The molecule has 1 atom stereocenters. The fourth-order valence-corrected chi connectivity index (χ4v) is 3.16. The third-order valence-electron chi connectivity index (χ3n) is 2.74. The summed E-state index contributed by atoms with van der Waals surface area (Å²) in [5, 5.41) is 0. The first-order valence-corrected chi connectivity index (χ1v) is 7.02. The lowest BCUT2D eigenvalue weighted by Gasteiger charge is -2.10. The highest BCUT2D eigenvalue weighted by Gasteiger charge is 2.17. The van der Waals surface area contributed by atoms with Crippen LogP contribution in [0.3, 0.4) is 0 Å². The Balaban J connectivity index is 3.03. The van der Waals surface area contributed by atoms with Gasteiger partial charge in [-0.2, -0.15) is 0 Å². The zero-order valence-electron chi connectivity index (χ0n) is 10.0. The van der Waals surface area contributed by atoms with Gasteiger partial charge >= 0.3 is 0 Å². The standard InChI is InChI=1S/C12H19NO2S/c1-9(7-13)8-16(14,15)12-5-4-10(2)11(3)6-12/h4-6,9H,7-8,13H2,1-3H3. The molecule has 1 aromatic rings. The third-order valence-corrected chi connectivity index (χ3v) is 4.72. The monoisotopic (exact) mass is 241 g/mol. The zero-order valence-corrected chi connectivity index (χ0v) is 10.8. The molecule has 0 aliphatic heterocycles. The maximum absolute atomic E-state index is 12.0. The van der Waals surface area contributed by atoms with E-state index in [1.54, 1.807) is 12.1 Å². The Morgan fingerprint density at radius 1 is 1.25 bits per heavy atom. The molecule has 16 heavy (non-hydrogen) atoms. The van der Waals surface area contributed by atoms with Gasteiger partial charge in [0.05, 0.1) is 10.6 Å². The van der Waals surface area contributed by atoms with Gasteiger partial charge in [0.25, 0.3) is 0 Å². The van der Waals surface area contributed by atoms with Gasteiger partial charge in [0, 0.05) is 0 Å². The van der Waals surface area contributed by atoms with Gasteiger partial charge in [-0.25, -0.2) is 8.42 Å². The first kappa shape index (κ1) is 13.2. The molecule has 0 aliphatic rings. The van der Waals surface area contributed by atoms with Crippen molar-refractivity contribution < 1.29 is 8.42 Å². The molecule has 0 spiro atoms. The maximum atomic E-state index is 12.0. The Hall–Kier alpha value is -0.870. The van der Waals surface area contributed by atoms with Crippen molar-refractivity contribution in [2.45, 2.75) is 25.7 Å². The van der Waals surface area contributed by atoms with Gasteiger partial charge in [0.1, 0.15) is 0 Å². The molecule has 0 radical (unpaired) electrons. The normalized spacial score (nSPS) is 13.8. The Labute approximate surface area is 97.6 Å². The van der Waals surface area contributed by atoms with Crippen molar-refractivity contribution in [2.24, 2.45) is 11.7 Å². The van der Waals surface area contributed by atoms with Crippen LogP contribution in [0.1, 0.15) is 18.1 Å². The second kappa shape index (κ2) is 4.97. The minimum absolute atomic E-state index is 0.00777. The SMILES string of the molecule is Cc1ccc(S(=O)(=O)CC(C)CN)cc1C. The largest absolute Gasteiger partial charge is 0.330 e. The Kier molecular flexibility index (Phi) is 4.10. The number of hydrogen-bond acceptors (Lipinski definition) is 3. The molecule has 0 bridgehead atoms. The molecule has 1 unspecified atom stereocenters. The van der Waals surface area contributed by atoms with Gasteiger partial charge in [-0.1, -0.05) is 13.0 Å². The van der Waals surface area contributed by atoms with Crippen molar-refractivity contribution in [1.29, 1.82) is 0 Å². The molecule has 2 N–H and O–H groups in total. The van der Waals surface area contributed by atoms with Crippen LogP contribution in [0.4, 0.5) is 0 Å². The van der Waals surface area contributed by atoms with E-state index in [4.69, 9.17) is 5.73 Å². The van der Waals surface area contributed by atoms with Crippen molar-refractivity contribution in [3.8, 4) is 0 Å². The van der Waals surface area contributed by atoms with E-state index in [0.29, 0.717) is 11.4 Å². The quantitative estimate of drug-likeness (QED) is 0.872. The van der Waals surface area contributed by atoms with E-state index in [2.05, 4.69) is 0 Å². The molecule has 0 fully saturated rings. The number of rotatable bonds is 4. The van der Waals surface area contributed by atoms with Gasteiger partial charge < -0.3 is 5.73 Å². The van der Waals surface area contributed by atoms with Crippen molar-refractivity contribution in [2.75, 3.05) is 12.3 Å². The number of sulfone groups is 1. The van der Waals surface area contributed by atoms with Crippen LogP contribution < -0.4 is 5.73 Å². The summed E-state index contributed by atoms with van der Waals surface area (Å²) >= 11 is 0. The molecule has 0 aliphatic carbocycles. The van der Waals surface area contributed by atoms with E-state index in [-0.39, 0.29) is 11.7 Å². The van der Waals surface area contributed by atoms with E-state index in [1.807, 2.05) is 26.8 Å². The van der Waals surface area contributed by atoms with Gasteiger partial charge in [0.15, 0.2) is 9.84 Å². The van der Waals surface area contributed by atoms with Gasteiger partial charge in [-0.15, -0.1) is 0 Å². The van der Waals surface area contributed by atoms with Gasteiger partial charge in [-0.3, -0.25) is 0 Å². The van der Waals surface area contributed by atoms with E-state index < -0.39 is 9.84 Å². The molecule has 90 valence electrons. The molecule has 0 saturated carbocycles. The molecule has 0 amide bonds. The van der Waals surface area contributed by atoms with Crippen molar-refractivity contribution in [3.63, 3.8) is 0 Å². The minimum Gasteiger partial charge on any atom is -0.330 e. The highest BCUT2D eigenvalue weighted by Crippen LogP contribution is 2.17. The Morgan fingerprint density at radius 3 is 2.38 bits per heavy atom. The fourth-order valence-electron chi connectivity index (χ4n) is 1.45. The predicted octanol–water partition coefficient (Wildman–Crippen LogP) is 1.67. The summed E-state index contributed by atoms with van der Waals surface area (Å²) in [5.41, 5.74) is 7.55. The van der Waals surface area contributed by atoms with E-state index >= 15 is 0 Å². The lowest BCUT2D eigenvalue weighted by Crippen LogP contribution is -2.21. The van der Waals surface area contributed by atoms with Crippen LogP contribution in [-0.2, 0) is 9.84 Å².